The average Bonchev–Trinajstić information content (AvgIpc) is 3.44. The minimum absolute atomic E-state index is 0.172. The second-order valence-electron chi connectivity index (χ2n) is 21.2. The van der Waals surface area contributed by atoms with Crippen LogP contribution < -0.4 is 0 Å². The molecule has 0 aromatic carbocycles. The van der Waals surface area contributed by atoms with E-state index in [1.54, 1.807) is 0 Å². The number of esters is 2. The summed E-state index contributed by atoms with van der Waals surface area (Å²) in [5.74, 6) is -2.07. The van der Waals surface area contributed by atoms with Crippen LogP contribution in [-0.2, 0) is 33.3 Å². The van der Waals surface area contributed by atoms with Crippen LogP contribution in [0.3, 0.4) is 0 Å². The molecule has 0 bridgehead atoms. The van der Waals surface area contributed by atoms with E-state index in [1.807, 2.05) is 21.1 Å². The van der Waals surface area contributed by atoms with Gasteiger partial charge in [-0.05, 0) is 128 Å². The minimum atomic E-state index is -1.53. The van der Waals surface area contributed by atoms with Crippen LogP contribution in [0.25, 0.3) is 0 Å². The van der Waals surface area contributed by atoms with Crippen molar-refractivity contribution >= 4 is 17.9 Å². The molecule has 2 unspecified atom stereocenters. The van der Waals surface area contributed by atoms with Crippen LogP contribution in [-0.4, -0.2) is 87.4 Å². The van der Waals surface area contributed by atoms with Crippen molar-refractivity contribution in [3.05, 3.63) is 170 Å². The van der Waals surface area contributed by atoms with Gasteiger partial charge in [0.25, 0.3) is 6.29 Å². The fourth-order valence-corrected chi connectivity index (χ4v) is 7.74. The molecule has 81 heavy (non-hydrogen) atoms. The zero-order valence-corrected chi connectivity index (χ0v) is 51.6. The van der Waals surface area contributed by atoms with Gasteiger partial charge in [-0.15, -0.1) is 0 Å². The van der Waals surface area contributed by atoms with Crippen molar-refractivity contribution in [2.45, 2.75) is 219 Å². The zero-order chi connectivity index (χ0) is 59.1. The van der Waals surface area contributed by atoms with Gasteiger partial charge < -0.3 is 28.5 Å². The predicted octanol–water partition coefficient (Wildman–Crippen LogP) is 19.1. The Morgan fingerprint density at radius 2 is 0.667 bits per heavy atom. The maximum atomic E-state index is 12.9. The quantitative estimate of drug-likeness (QED) is 0.0211. The summed E-state index contributed by atoms with van der Waals surface area (Å²) in [5.41, 5.74) is 0. The molecule has 0 radical (unpaired) electrons. The van der Waals surface area contributed by atoms with Gasteiger partial charge in [0.1, 0.15) is 13.2 Å². The van der Waals surface area contributed by atoms with Gasteiger partial charge in [0.2, 0.25) is 0 Å². The summed E-state index contributed by atoms with van der Waals surface area (Å²) in [6.45, 7) is 4.59. The number of ether oxygens (including phenoxy) is 4. The molecular formula is C72H114NO8+. The van der Waals surface area contributed by atoms with E-state index in [2.05, 4.69) is 184 Å². The lowest BCUT2D eigenvalue weighted by molar-refractivity contribution is -0.870. The molecule has 0 aliphatic carbocycles. The number of carboxylic acid groups (broad SMARTS) is 1. The number of hydrogen-bond acceptors (Lipinski definition) is 7. The van der Waals surface area contributed by atoms with Crippen LogP contribution in [0.1, 0.15) is 206 Å². The van der Waals surface area contributed by atoms with Crippen LogP contribution in [0, 0.1) is 0 Å². The first-order chi connectivity index (χ1) is 39.6. The number of likely N-dealkylation sites (N-methyl/N-ethyl adjacent to an activating group) is 1. The van der Waals surface area contributed by atoms with Gasteiger partial charge in [0, 0.05) is 12.8 Å². The van der Waals surface area contributed by atoms with Crippen molar-refractivity contribution in [1.29, 1.82) is 0 Å². The molecule has 0 saturated carbocycles. The average molecular weight is 1120 g/mol. The number of carbonyl (C=O) groups excluding carboxylic acids is 2. The van der Waals surface area contributed by atoms with Crippen LogP contribution in [0.15, 0.2) is 170 Å². The van der Waals surface area contributed by atoms with Crippen molar-refractivity contribution in [1.82, 2.24) is 0 Å². The zero-order valence-electron chi connectivity index (χ0n) is 51.6. The highest BCUT2D eigenvalue weighted by Gasteiger charge is 2.25. The van der Waals surface area contributed by atoms with E-state index in [1.165, 1.54) is 19.3 Å². The largest absolute Gasteiger partial charge is 0.477 e. The first kappa shape index (κ1) is 75.7. The van der Waals surface area contributed by atoms with Crippen molar-refractivity contribution in [2.75, 3.05) is 47.5 Å². The van der Waals surface area contributed by atoms with Crippen molar-refractivity contribution in [3.63, 3.8) is 0 Å². The lowest BCUT2D eigenvalue weighted by Crippen LogP contribution is -2.40. The van der Waals surface area contributed by atoms with Crippen molar-refractivity contribution < 1.29 is 42.9 Å². The SMILES string of the molecule is CC/C=C\C/C=C\C/C=C\C/C=C\C/C=C\C/C=C\C/C=C\C/C=C\C/C=C\C/C=C\C/C=C\CCCCCCCC(=O)OC(COC(=O)CCCCCCCCC/C=C\C/C=C\C/C=C\CC)COC(OCC[N+](C)(C)C)C(=O)O. The Morgan fingerprint density at radius 3 is 0.988 bits per heavy atom. The molecule has 0 amide bonds. The molecule has 454 valence electrons. The van der Waals surface area contributed by atoms with Crippen LogP contribution in [0.2, 0.25) is 0 Å². The maximum Gasteiger partial charge on any atom is 0.361 e. The number of hydrogen-bond donors (Lipinski definition) is 1. The van der Waals surface area contributed by atoms with E-state index in [0.29, 0.717) is 17.4 Å². The highest BCUT2D eigenvalue weighted by molar-refractivity contribution is 5.71. The highest BCUT2D eigenvalue weighted by atomic mass is 16.7. The van der Waals surface area contributed by atoms with Gasteiger partial charge in [0.05, 0.1) is 34.4 Å². The fraction of sp³-hybridized carbons (Fsp3) is 0.569. The maximum absolute atomic E-state index is 12.9. The molecule has 0 saturated heterocycles. The second-order valence-corrected chi connectivity index (χ2v) is 21.2. The Kier molecular flexibility index (Phi) is 56.7. The van der Waals surface area contributed by atoms with Crippen LogP contribution >= 0.6 is 0 Å². The molecule has 9 nitrogen and oxygen atoms in total. The summed E-state index contributed by atoms with van der Waals surface area (Å²) in [5, 5.41) is 9.71. The molecule has 0 fully saturated rings. The van der Waals surface area contributed by atoms with Gasteiger partial charge in [-0.2, -0.15) is 0 Å². The molecule has 0 spiro atoms. The Hall–Kier alpha value is -5.35. The molecule has 9 heteroatoms. The third-order valence-corrected chi connectivity index (χ3v) is 12.5. The third kappa shape index (κ3) is 62.1. The summed E-state index contributed by atoms with van der Waals surface area (Å²) < 4.78 is 22.8. The predicted molar refractivity (Wildman–Crippen MR) is 345 cm³/mol. The van der Waals surface area contributed by atoms with Gasteiger partial charge in [0.15, 0.2) is 6.10 Å². The van der Waals surface area contributed by atoms with Crippen LogP contribution in [0.4, 0.5) is 0 Å². The highest BCUT2D eigenvalue weighted by Crippen LogP contribution is 2.13. The molecule has 0 heterocycles. The van der Waals surface area contributed by atoms with E-state index in [-0.39, 0.29) is 38.6 Å². The number of unbranched alkanes of at least 4 members (excludes halogenated alkanes) is 12. The van der Waals surface area contributed by atoms with Gasteiger partial charge in [-0.25, -0.2) is 4.79 Å². The molecule has 0 aromatic heterocycles. The topological polar surface area (TPSA) is 108 Å². The molecule has 1 N–H and O–H groups in total. The Labute approximate surface area is 495 Å². The first-order valence-corrected chi connectivity index (χ1v) is 31.3. The Balaban J connectivity index is 4.27. The molecule has 2 atom stereocenters. The number of rotatable bonds is 55. The second kappa shape index (κ2) is 60.7. The monoisotopic (exact) mass is 1120 g/mol. The van der Waals surface area contributed by atoms with Crippen LogP contribution in [0.5, 0.6) is 0 Å². The van der Waals surface area contributed by atoms with E-state index < -0.39 is 24.3 Å². The Bertz CT molecular complexity index is 1930. The van der Waals surface area contributed by atoms with Gasteiger partial charge in [-0.1, -0.05) is 235 Å². The fourth-order valence-electron chi connectivity index (χ4n) is 7.74. The van der Waals surface area contributed by atoms with E-state index >= 15 is 0 Å². The van der Waals surface area contributed by atoms with Crippen molar-refractivity contribution in [2.24, 2.45) is 0 Å². The number of aliphatic carboxylic acids is 1. The summed E-state index contributed by atoms with van der Waals surface area (Å²) in [6.07, 6.45) is 88.7. The number of allylic oxidation sites excluding steroid dienone is 28. The van der Waals surface area contributed by atoms with E-state index in [4.69, 9.17) is 18.9 Å². The Morgan fingerprint density at radius 1 is 0.370 bits per heavy atom. The standard InChI is InChI=1S/C72H113NO8/c1-6-8-10-12-14-16-18-20-22-24-25-26-27-28-29-30-31-32-33-34-35-36-37-38-39-40-41-42-43-44-45-47-49-51-53-55-57-59-61-63-70(75)81-68(67-80-72(71(76)77)78-65-64-73(3,4)5)66-79-69(74)62-60-58-56-54-52-50-48-46-23-21-19-17-15-13-11-9-7-2/h8-11,14-17,20-23,25-26,28-29,31-32,34-35,37-38,40-41,43-44,47,49,68,72H,6-7,12-13,18-19,24,27,30,33,36,39,42,45-46,48,50-67H2,1-5H3/p+1/b10-8-,11-9-,16-14-,17-15-,22-20-,23-21-,26-25-,29-28-,32-31-,35-34-,38-37-,41-40-,44-43-,49-47-. The van der Waals surface area contributed by atoms with E-state index in [9.17, 15) is 19.5 Å². The van der Waals surface area contributed by atoms with Gasteiger partial charge in [-0.3, -0.25) is 9.59 Å². The number of carbonyl (C=O) groups is 3. The molecule has 0 aliphatic heterocycles. The molecule has 0 aromatic rings. The summed E-state index contributed by atoms with van der Waals surface area (Å²) in [7, 11) is 5.94. The number of carboxylic acids is 1. The minimum Gasteiger partial charge on any atom is -0.477 e. The number of quaternary nitrogens is 1. The molecule has 0 aliphatic rings. The number of nitrogens with zero attached hydrogens (tertiary/aromatic N) is 1. The smallest absolute Gasteiger partial charge is 0.361 e. The lowest BCUT2D eigenvalue weighted by atomic mass is 10.1. The lowest BCUT2D eigenvalue weighted by Gasteiger charge is -2.25. The van der Waals surface area contributed by atoms with Crippen molar-refractivity contribution in [3.8, 4) is 0 Å². The summed E-state index contributed by atoms with van der Waals surface area (Å²) in [6, 6.07) is 0. The normalized spacial score (nSPS) is 13.9. The molecule has 0 rings (SSSR count). The van der Waals surface area contributed by atoms with Gasteiger partial charge >= 0.3 is 17.9 Å². The summed E-state index contributed by atoms with van der Waals surface area (Å²) >= 11 is 0. The summed E-state index contributed by atoms with van der Waals surface area (Å²) in [4.78, 5) is 37.4. The van der Waals surface area contributed by atoms with E-state index in [0.717, 1.165) is 154 Å². The third-order valence-electron chi connectivity index (χ3n) is 12.5. The molecular weight excluding hydrogens is 1010 g/mol. The first-order valence-electron chi connectivity index (χ1n) is 31.3.